The summed E-state index contributed by atoms with van der Waals surface area (Å²) >= 11 is 1.56. The lowest BCUT2D eigenvalue weighted by atomic mass is 10.1. The molecule has 0 aromatic heterocycles. The molecule has 146 valence electrons. The SMILES string of the molecule is CSc1cccc(N2C[C@@H](C(=O)OCC(=O)Nc3ccccc3F)CC2=O)c1. The Kier molecular flexibility index (Phi) is 6.30. The maximum absolute atomic E-state index is 13.5. The van der Waals surface area contributed by atoms with Crippen molar-refractivity contribution in [2.75, 3.05) is 29.6 Å². The van der Waals surface area contributed by atoms with Crippen molar-refractivity contribution in [3.05, 3.63) is 54.3 Å². The molecule has 2 aromatic rings. The van der Waals surface area contributed by atoms with Crippen molar-refractivity contribution in [2.45, 2.75) is 11.3 Å². The second kappa shape index (κ2) is 8.88. The maximum atomic E-state index is 13.5. The number of thioether (sulfide) groups is 1. The minimum absolute atomic E-state index is 0.0134. The molecular weight excluding hydrogens is 383 g/mol. The van der Waals surface area contributed by atoms with Crippen LogP contribution in [0.5, 0.6) is 0 Å². The zero-order valence-corrected chi connectivity index (χ0v) is 16.0. The van der Waals surface area contributed by atoms with E-state index in [-0.39, 0.29) is 24.6 Å². The number of carbonyl (C=O) groups excluding carboxylic acids is 3. The van der Waals surface area contributed by atoms with Crippen molar-refractivity contribution in [1.82, 2.24) is 0 Å². The van der Waals surface area contributed by atoms with Crippen molar-refractivity contribution in [3.63, 3.8) is 0 Å². The van der Waals surface area contributed by atoms with Crippen molar-refractivity contribution in [2.24, 2.45) is 5.92 Å². The van der Waals surface area contributed by atoms with E-state index in [2.05, 4.69) is 5.32 Å². The predicted molar refractivity (Wildman–Crippen MR) is 105 cm³/mol. The van der Waals surface area contributed by atoms with Gasteiger partial charge in [0, 0.05) is 23.5 Å². The van der Waals surface area contributed by atoms with Crippen LogP contribution in [0.25, 0.3) is 0 Å². The minimum atomic E-state index is -0.647. The zero-order chi connectivity index (χ0) is 20.1. The summed E-state index contributed by atoms with van der Waals surface area (Å²) < 4.78 is 18.5. The molecule has 1 aliphatic rings. The monoisotopic (exact) mass is 402 g/mol. The summed E-state index contributed by atoms with van der Waals surface area (Å²) in [7, 11) is 0. The van der Waals surface area contributed by atoms with Gasteiger partial charge in [-0.2, -0.15) is 0 Å². The van der Waals surface area contributed by atoms with E-state index in [1.807, 2.05) is 30.5 Å². The zero-order valence-electron chi connectivity index (χ0n) is 15.2. The first-order valence-corrected chi connectivity index (χ1v) is 9.86. The lowest BCUT2D eigenvalue weighted by Crippen LogP contribution is -2.28. The van der Waals surface area contributed by atoms with E-state index >= 15 is 0 Å². The summed E-state index contributed by atoms with van der Waals surface area (Å²) in [6, 6.07) is 13.2. The van der Waals surface area contributed by atoms with Gasteiger partial charge in [-0.3, -0.25) is 14.4 Å². The molecule has 1 aliphatic heterocycles. The molecule has 6 nitrogen and oxygen atoms in total. The summed E-state index contributed by atoms with van der Waals surface area (Å²) in [5.41, 5.74) is 0.740. The molecule has 0 aliphatic carbocycles. The molecule has 0 spiro atoms. The summed E-state index contributed by atoms with van der Waals surface area (Å²) in [4.78, 5) is 39.0. The van der Waals surface area contributed by atoms with Crippen LogP contribution in [0.4, 0.5) is 15.8 Å². The molecule has 3 rings (SSSR count). The molecule has 1 heterocycles. The van der Waals surface area contributed by atoms with Crippen molar-refractivity contribution >= 4 is 40.9 Å². The Morgan fingerprint density at radius 2 is 2.04 bits per heavy atom. The van der Waals surface area contributed by atoms with Gasteiger partial charge in [-0.15, -0.1) is 11.8 Å². The van der Waals surface area contributed by atoms with Crippen LogP contribution in [0.2, 0.25) is 0 Å². The van der Waals surface area contributed by atoms with Crippen molar-refractivity contribution in [3.8, 4) is 0 Å². The van der Waals surface area contributed by atoms with Crippen LogP contribution in [-0.2, 0) is 19.1 Å². The number of hydrogen-bond acceptors (Lipinski definition) is 5. The molecule has 0 radical (unpaired) electrons. The Balaban J connectivity index is 1.54. The number of ether oxygens (including phenoxy) is 1. The summed E-state index contributed by atoms with van der Waals surface area (Å²) in [6.07, 6.45) is 1.97. The average Bonchev–Trinajstić information content (AvgIpc) is 3.10. The van der Waals surface area contributed by atoms with E-state index in [0.717, 1.165) is 10.6 Å². The number of amides is 2. The smallest absolute Gasteiger partial charge is 0.311 e. The first kappa shape index (κ1) is 19.9. The molecule has 28 heavy (non-hydrogen) atoms. The quantitative estimate of drug-likeness (QED) is 0.594. The molecule has 1 atom stereocenters. The van der Waals surface area contributed by atoms with Gasteiger partial charge in [0.2, 0.25) is 5.91 Å². The minimum Gasteiger partial charge on any atom is -0.455 e. The molecule has 2 amide bonds. The van der Waals surface area contributed by atoms with Gasteiger partial charge in [-0.25, -0.2) is 4.39 Å². The highest BCUT2D eigenvalue weighted by Gasteiger charge is 2.36. The van der Waals surface area contributed by atoms with E-state index in [1.54, 1.807) is 22.7 Å². The first-order chi connectivity index (χ1) is 13.5. The van der Waals surface area contributed by atoms with E-state index in [4.69, 9.17) is 4.74 Å². The molecule has 1 fully saturated rings. The molecule has 0 unspecified atom stereocenters. The number of carbonyl (C=O) groups is 3. The van der Waals surface area contributed by atoms with Crippen LogP contribution in [0.1, 0.15) is 6.42 Å². The third-order valence-electron chi connectivity index (χ3n) is 4.32. The van der Waals surface area contributed by atoms with Gasteiger partial charge in [0.15, 0.2) is 6.61 Å². The van der Waals surface area contributed by atoms with Gasteiger partial charge in [-0.1, -0.05) is 18.2 Å². The molecule has 0 saturated carbocycles. The lowest BCUT2D eigenvalue weighted by molar-refractivity contribution is -0.151. The number of rotatable bonds is 6. The normalized spacial score (nSPS) is 16.1. The maximum Gasteiger partial charge on any atom is 0.311 e. The Morgan fingerprint density at radius 3 is 2.79 bits per heavy atom. The Morgan fingerprint density at radius 1 is 1.25 bits per heavy atom. The van der Waals surface area contributed by atoms with Gasteiger partial charge in [-0.05, 0) is 36.6 Å². The number of benzene rings is 2. The molecule has 1 saturated heterocycles. The highest BCUT2D eigenvalue weighted by molar-refractivity contribution is 7.98. The number of esters is 1. The molecular formula is C20H19FN2O4S. The topological polar surface area (TPSA) is 75.7 Å². The molecule has 8 heteroatoms. The van der Waals surface area contributed by atoms with Crippen LogP contribution < -0.4 is 10.2 Å². The van der Waals surface area contributed by atoms with Crippen LogP contribution in [0.3, 0.4) is 0 Å². The van der Waals surface area contributed by atoms with E-state index in [9.17, 15) is 18.8 Å². The van der Waals surface area contributed by atoms with Crippen molar-refractivity contribution < 1.29 is 23.5 Å². The average molecular weight is 402 g/mol. The number of anilines is 2. The summed E-state index contributed by atoms with van der Waals surface area (Å²) in [6.45, 7) is -0.343. The third-order valence-corrected chi connectivity index (χ3v) is 5.04. The number of hydrogen-bond donors (Lipinski definition) is 1. The fraction of sp³-hybridized carbons (Fsp3) is 0.250. The summed E-state index contributed by atoms with van der Waals surface area (Å²) in [5, 5.41) is 2.34. The number of halogens is 1. The van der Waals surface area contributed by atoms with E-state index in [0.29, 0.717) is 0 Å². The fourth-order valence-corrected chi connectivity index (χ4v) is 3.35. The predicted octanol–water partition coefficient (Wildman–Crippen LogP) is 3.08. The van der Waals surface area contributed by atoms with Gasteiger partial charge in [0.25, 0.3) is 5.91 Å². The van der Waals surface area contributed by atoms with Crippen LogP contribution >= 0.6 is 11.8 Å². The molecule has 1 N–H and O–H groups in total. The molecule has 0 bridgehead atoms. The standard InChI is InChI=1S/C20H19FN2O4S/c1-28-15-6-4-5-14(10-15)23-11-13(9-19(23)25)20(26)27-12-18(24)22-17-8-3-2-7-16(17)21/h2-8,10,13H,9,11-12H2,1H3,(H,22,24)/t13-/m0/s1. The second-order valence-corrected chi connectivity index (χ2v) is 7.12. The highest BCUT2D eigenvalue weighted by Crippen LogP contribution is 2.28. The van der Waals surface area contributed by atoms with E-state index in [1.165, 1.54) is 18.2 Å². The lowest BCUT2D eigenvalue weighted by Gasteiger charge is -2.17. The summed E-state index contributed by atoms with van der Waals surface area (Å²) in [5.74, 6) is -2.66. The van der Waals surface area contributed by atoms with E-state index < -0.39 is 30.2 Å². The van der Waals surface area contributed by atoms with Gasteiger partial charge < -0.3 is 15.0 Å². The third kappa shape index (κ3) is 4.69. The van der Waals surface area contributed by atoms with Crippen LogP contribution in [0, 0.1) is 11.7 Å². The van der Waals surface area contributed by atoms with Crippen molar-refractivity contribution in [1.29, 1.82) is 0 Å². The van der Waals surface area contributed by atoms with Crippen LogP contribution in [0.15, 0.2) is 53.4 Å². The van der Waals surface area contributed by atoms with Crippen LogP contribution in [-0.4, -0.2) is 37.2 Å². The number of nitrogens with zero attached hydrogens (tertiary/aromatic N) is 1. The molecule has 2 aromatic carbocycles. The largest absolute Gasteiger partial charge is 0.455 e. The highest BCUT2D eigenvalue weighted by atomic mass is 32.2. The van der Waals surface area contributed by atoms with Gasteiger partial charge >= 0.3 is 5.97 Å². The fourth-order valence-electron chi connectivity index (χ4n) is 2.90. The Labute approximate surface area is 166 Å². The second-order valence-electron chi connectivity index (χ2n) is 6.24. The Hall–Kier alpha value is -2.87. The first-order valence-electron chi connectivity index (χ1n) is 8.63. The Bertz CT molecular complexity index is 905. The van der Waals surface area contributed by atoms with Gasteiger partial charge in [0.1, 0.15) is 5.82 Å². The van der Waals surface area contributed by atoms with Gasteiger partial charge in [0.05, 0.1) is 11.6 Å². The number of nitrogens with one attached hydrogen (secondary N) is 1. The number of para-hydroxylation sites is 1.